The number of hydrazone groups is 1. The minimum atomic E-state index is -0.466. The number of benzene rings is 1. The number of amides is 2. The Kier molecular flexibility index (Phi) is 4.22. The molecule has 1 aromatic heterocycles. The third kappa shape index (κ3) is 2.74. The van der Waals surface area contributed by atoms with E-state index in [-0.39, 0.29) is 24.4 Å². The van der Waals surface area contributed by atoms with E-state index in [0.29, 0.717) is 12.3 Å². The molecule has 6 heteroatoms. The molecule has 0 spiro atoms. The fraction of sp³-hybridized carbons (Fsp3) is 0.500. The molecule has 5 rings (SSSR count). The molecule has 1 N–H and O–H groups in total. The molecule has 146 valence electrons. The lowest BCUT2D eigenvalue weighted by Crippen LogP contribution is -2.61. The van der Waals surface area contributed by atoms with E-state index >= 15 is 0 Å². The summed E-state index contributed by atoms with van der Waals surface area (Å²) < 4.78 is 0. The standard InChI is InChI=1S/C22H26N4O2/c1-14-21-17(16-9-5-6-10-18(16)24-21)11-19-22(28)25(13-20(27)26(14)19)23-12-15-7-3-2-4-8-15/h5-6,9-10,12,14-15,19,24H,2-4,7-8,11,13H2,1H3/b23-12+/t14-,19-/m0/s1. The van der Waals surface area contributed by atoms with E-state index < -0.39 is 6.04 Å². The molecule has 2 aromatic rings. The van der Waals surface area contributed by atoms with Crippen LogP contribution >= 0.6 is 0 Å². The number of carbonyl (C=O) groups is 2. The van der Waals surface area contributed by atoms with Gasteiger partial charge in [0.05, 0.1) is 6.04 Å². The van der Waals surface area contributed by atoms with Gasteiger partial charge < -0.3 is 9.88 Å². The van der Waals surface area contributed by atoms with Crippen LogP contribution in [0.15, 0.2) is 29.4 Å². The second-order valence-corrected chi connectivity index (χ2v) is 8.32. The van der Waals surface area contributed by atoms with Gasteiger partial charge in [0.15, 0.2) is 0 Å². The first-order valence-electron chi connectivity index (χ1n) is 10.4. The Morgan fingerprint density at radius 3 is 2.75 bits per heavy atom. The summed E-state index contributed by atoms with van der Waals surface area (Å²) in [6, 6.07) is 7.54. The number of aromatic amines is 1. The molecule has 0 unspecified atom stereocenters. The third-order valence-electron chi connectivity index (χ3n) is 6.59. The lowest BCUT2D eigenvalue weighted by atomic mass is 9.90. The highest BCUT2D eigenvalue weighted by Gasteiger charge is 2.46. The summed E-state index contributed by atoms with van der Waals surface area (Å²) in [4.78, 5) is 31.3. The van der Waals surface area contributed by atoms with Crippen molar-refractivity contribution in [2.75, 3.05) is 6.54 Å². The predicted molar refractivity (Wildman–Crippen MR) is 108 cm³/mol. The highest BCUT2D eigenvalue weighted by molar-refractivity contribution is 5.97. The number of H-pyrrole nitrogens is 1. The van der Waals surface area contributed by atoms with E-state index in [1.807, 2.05) is 31.3 Å². The minimum absolute atomic E-state index is 0.0257. The smallest absolute Gasteiger partial charge is 0.266 e. The first-order chi connectivity index (χ1) is 13.6. The number of hydrogen-bond donors (Lipinski definition) is 1. The van der Waals surface area contributed by atoms with Gasteiger partial charge in [-0.1, -0.05) is 37.5 Å². The molecule has 1 aliphatic carbocycles. The van der Waals surface area contributed by atoms with Crippen LogP contribution in [0.4, 0.5) is 0 Å². The van der Waals surface area contributed by atoms with Crippen molar-refractivity contribution in [2.45, 2.75) is 57.5 Å². The number of piperazine rings is 1. The van der Waals surface area contributed by atoms with Gasteiger partial charge in [0.1, 0.15) is 12.6 Å². The van der Waals surface area contributed by atoms with Crippen molar-refractivity contribution in [3.8, 4) is 0 Å². The van der Waals surface area contributed by atoms with Crippen LogP contribution < -0.4 is 0 Å². The van der Waals surface area contributed by atoms with E-state index in [1.165, 1.54) is 24.3 Å². The molecule has 2 fully saturated rings. The zero-order valence-corrected chi connectivity index (χ0v) is 16.2. The van der Waals surface area contributed by atoms with E-state index in [1.54, 1.807) is 4.90 Å². The molecular formula is C22H26N4O2. The van der Waals surface area contributed by atoms with Crippen LogP contribution in [-0.2, 0) is 16.0 Å². The number of fused-ring (bicyclic) bond motifs is 4. The SMILES string of the molecule is C[C@H]1c2[nH]c3ccccc3c2C[C@H]2C(=O)N(/N=C/C3CCCCC3)CC(=O)N21. The Morgan fingerprint density at radius 2 is 1.93 bits per heavy atom. The average Bonchev–Trinajstić information content (AvgIpc) is 3.09. The van der Waals surface area contributed by atoms with Crippen LogP contribution in [0.1, 0.15) is 56.3 Å². The molecule has 0 radical (unpaired) electrons. The molecule has 2 amide bonds. The summed E-state index contributed by atoms with van der Waals surface area (Å²) in [5, 5.41) is 7.02. The average molecular weight is 378 g/mol. The second-order valence-electron chi connectivity index (χ2n) is 8.32. The minimum Gasteiger partial charge on any atom is -0.356 e. The maximum absolute atomic E-state index is 13.2. The molecule has 1 saturated heterocycles. The summed E-state index contributed by atoms with van der Waals surface area (Å²) in [7, 11) is 0. The summed E-state index contributed by atoms with van der Waals surface area (Å²) in [6.45, 7) is 2.05. The molecule has 2 atom stereocenters. The van der Waals surface area contributed by atoms with Crippen LogP contribution in [0.2, 0.25) is 0 Å². The number of nitrogens with zero attached hydrogens (tertiary/aromatic N) is 3. The van der Waals surface area contributed by atoms with Crippen molar-refractivity contribution in [3.05, 3.63) is 35.5 Å². The first kappa shape index (κ1) is 17.5. The Bertz CT molecular complexity index is 957. The van der Waals surface area contributed by atoms with Crippen molar-refractivity contribution < 1.29 is 9.59 Å². The van der Waals surface area contributed by atoms with Gasteiger partial charge in [-0.05, 0) is 37.3 Å². The van der Waals surface area contributed by atoms with Crippen LogP contribution in [0.3, 0.4) is 0 Å². The monoisotopic (exact) mass is 378 g/mol. The largest absolute Gasteiger partial charge is 0.356 e. The number of hydrogen-bond acceptors (Lipinski definition) is 3. The van der Waals surface area contributed by atoms with E-state index in [9.17, 15) is 9.59 Å². The zero-order valence-electron chi connectivity index (χ0n) is 16.2. The lowest BCUT2D eigenvalue weighted by molar-refractivity contribution is -0.159. The van der Waals surface area contributed by atoms with Crippen LogP contribution in [0.25, 0.3) is 10.9 Å². The molecule has 28 heavy (non-hydrogen) atoms. The van der Waals surface area contributed by atoms with Crippen molar-refractivity contribution in [3.63, 3.8) is 0 Å². The van der Waals surface area contributed by atoms with Gasteiger partial charge in [0, 0.05) is 29.2 Å². The molecule has 1 aromatic carbocycles. The topological polar surface area (TPSA) is 68.8 Å². The number of nitrogens with one attached hydrogen (secondary N) is 1. The van der Waals surface area contributed by atoms with Gasteiger partial charge in [-0.25, -0.2) is 5.01 Å². The molecule has 6 nitrogen and oxygen atoms in total. The van der Waals surface area contributed by atoms with E-state index in [0.717, 1.165) is 35.0 Å². The van der Waals surface area contributed by atoms with Crippen molar-refractivity contribution in [1.29, 1.82) is 0 Å². The van der Waals surface area contributed by atoms with Gasteiger partial charge in [-0.15, -0.1) is 0 Å². The van der Waals surface area contributed by atoms with Gasteiger partial charge >= 0.3 is 0 Å². The van der Waals surface area contributed by atoms with Crippen LogP contribution in [-0.4, -0.2) is 45.5 Å². The second kappa shape index (κ2) is 6.76. The third-order valence-corrected chi connectivity index (χ3v) is 6.59. The maximum atomic E-state index is 13.2. The molecule has 3 heterocycles. The summed E-state index contributed by atoms with van der Waals surface area (Å²) in [6.07, 6.45) is 8.44. The summed E-state index contributed by atoms with van der Waals surface area (Å²) >= 11 is 0. The predicted octanol–water partition coefficient (Wildman–Crippen LogP) is 3.39. The van der Waals surface area contributed by atoms with E-state index in [4.69, 9.17) is 0 Å². The Morgan fingerprint density at radius 1 is 1.14 bits per heavy atom. The van der Waals surface area contributed by atoms with Crippen molar-refractivity contribution in [2.24, 2.45) is 11.0 Å². The van der Waals surface area contributed by atoms with Crippen molar-refractivity contribution >= 4 is 28.9 Å². The van der Waals surface area contributed by atoms with E-state index in [2.05, 4.69) is 16.2 Å². The lowest BCUT2D eigenvalue weighted by Gasteiger charge is -2.44. The molecule has 0 bridgehead atoms. The Balaban J connectivity index is 1.44. The van der Waals surface area contributed by atoms with Gasteiger partial charge in [0.25, 0.3) is 5.91 Å². The number of aromatic nitrogens is 1. The molecule has 1 saturated carbocycles. The van der Waals surface area contributed by atoms with Gasteiger partial charge in [-0.3, -0.25) is 9.59 Å². The molecule has 2 aliphatic heterocycles. The summed E-state index contributed by atoms with van der Waals surface area (Å²) in [5.41, 5.74) is 3.27. The first-order valence-corrected chi connectivity index (χ1v) is 10.4. The van der Waals surface area contributed by atoms with Crippen LogP contribution in [0, 0.1) is 5.92 Å². The fourth-order valence-corrected chi connectivity index (χ4v) is 5.11. The number of para-hydroxylation sites is 1. The number of carbonyl (C=O) groups excluding carboxylic acids is 2. The van der Waals surface area contributed by atoms with Crippen molar-refractivity contribution in [1.82, 2.24) is 14.9 Å². The maximum Gasteiger partial charge on any atom is 0.266 e. The van der Waals surface area contributed by atoms with Gasteiger partial charge in [0.2, 0.25) is 5.91 Å². The fourth-order valence-electron chi connectivity index (χ4n) is 5.11. The van der Waals surface area contributed by atoms with Gasteiger partial charge in [-0.2, -0.15) is 5.10 Å². The van der Waals surface area contributed by atoms with Crippen LogP contribution in [0.5, 0.6) is 0 Å². The summed E-state index contributed by atoms with van der Waals surface area (Å²) in [5.74, 6) is 0.344. The Hall–Kier alpha value is -2.63. The quantitative estimate of drug-likeness (QED) is 0.814. The molecule has 3 aliphatic rings. The Labute approximate surface area is 164 Å². The highest BCUT2D eigenvalue weighted by atomic mass is 16.2. The number of rotatable bonds is 2. The zero-order chi connectivity index (χ0) is 19.3. The normalized spacial score (nSPS) is 26.2. The molecular weight excluding hydrogens is 352 g/mol. The highest BCUT2D eigenvalue weighted by Crippen LogP contribution is 2.38.